The Morgan fingerprint density at radius 2 is 2.05 bits per heavy atom. The normalized spacial score (nSPS) is 13.2. The SMILES string of the molecule is CC(O)CN(C)c1ccc(C(F)(F)F)cc1C(N)=S. The van der Waals surface area contributed by atoms with Crippen molar-refractivity contribution in [1.82, 2.24) is 0 Å². The summed E-state index contributed by atoms with van der Waals surface area (Å²) in [4.78, 5) is 1.50. The molecule has 0 aromatic heterocycles. The molecule has 0 spiro atoms. The minimum absolute atomic E-state index is 0.112. The minimum Gasteiger partial charge on any atom is -0.392 e. The Kier molecular flexibility index (Phi) is 4.75. The van der Waals surface area contributed by atoms with Gasteiger partial charge < -0.3 is 15.7 Å². The van der Waals surface area contributed by atoms with E-state index in [-0.39, 0.29) is 17.1 Å². The predicted octanol–water partition coefficient (Wildman–Crippen LogP) is 2.16. The Hall–Kier alpha value is -1.34. The average molecular weight is 292 g/mol. The van der Waals surface area contributed by atoms with E-state index in [0.29, 0.717) is 5.69 Å². The first-order valence-electron chi connectivity index (χ1n) is 5.53. The molecule has 1 rings (SSSR count). The third kappa shape index (κ3) is 4.07. The molecule has 0 bridgehead atoms. The van der Waals surface area contributed by atoms with Gasteiger partial charge in [0.2, 0.25) is 0 Å². The van der Waals surface area contributed by atoms with Crippen LogP contribution >= 0.6 is 12.2 Å². The van der Waals surface area contributed by atoms with Crippen molar-refractivity contribution in [3.05, 3.63) is 29.3 Å². The topological polar surface area (TPSA) is 49.5 Å². The summed E-state index contributed by atoms with van der Waals surface area (Å²) < 4.78 is 37.9. The lowest BCUT2D eigenvalue weighted by Gasteiger charge is -2.24. The molecule has 3 nitrogen and oxygen atoms in total. The molecule has 0 aliphatic carbocycles. The molecular weight excluding hydrogens is 277 g/mol. The second-order valence-corrected chi connectivity index (χ2v) is 4.76. The molecule has 0 saturated heterocycles. The van der Waals surface area contributed by atoms with Crippen molar-refractivity contribution in [3.8, 4) is 0 Å². The fourth-order valence-corrected chi connectivity index (χ4v) is 1.90. The van der Waals surface area contributed by atoms with Crippen molar-refractivity contribution in [3.63, 3.8) is 0 Å². The second-order valence-electron chi connectivity index (χ2n) is 4.32. The molecule has 0 aliphatic rings. The Labute approximate surface area is 114 Å². The number of benzene rings is 1. The van der Waals surface area contributed by atoms with Gasteiger partial charge in [0.1, 0.15) is 4.99 Å². The maximum Gasteiger partial charge on any atom is 0.416 e. The zero-order valence-electron chi connectivity index (χ0n) is 10.5. The Morgan fingerprint density at radius 1 is 1.47 bits per heavy atom. The summed E-state index contributed by atoms with van der Waals surface area (Å²) in [6.07, 6.45) is -5.06. The van der Waals surface area contributed by atoms with E-state index in [9.17, 15) is 18.3 Å². The Balaban J connectivity index is 3.23. The van der Waals surface area contributed by atoms with E-state index >= 15 is 0 Å². The Morgan fingerprint density at radius 3 is 2.47 bits per heavy atom. The maximum atomic E-state index is 12.6. The molecule has 0 radical (unpaired) electrons. The van der Waals surface area contributed by atoms with Gasteiger partial charge in [-0.1, -0.05) is 12.2 Å². The van der Waals surface area contributed by atoms with E-state index in [1.165, 1.54) is 6.07 Å². The molecular formula is C12H15F3N2OS. The number of rotatable bonds is 4. The highest BCUT2D eigenvalue weighted by molar-refractivity contribution is 7.80. The molecule has 7 heteroatoms. The van der Waals surface area contributed by atoms with Crippen LogP contribution in [0.15, 0.2) is 18.2 Å². The summed E-state index contributed by atoms with van der Waals surface area (Å²) in [6, 6.07) is 3.20. The minimum atomic E-state index is -4.44. The van der Waals surface area contributed by atoms with E-state index in [1.54, 1.807) is 18.9 Å². The van der Waals surface area contributed by atoms with Crippen LogP contribution in [0.5, 0.6) is 0 Å². The first-order valence-corrected chi connectivity index (χ1v) is 5.94. The maximum absolute atomic E-state index is 12.6. The van der Waals surface area contributed by atoms with Gasteiger partial charge in [0.05, 0.1) is 11.7 Å². The van der Waals surface area contributed by atoms with Crippen molar-refractivity contribution in [2.24, 2.45) is 5.73 Å². The fourth-order valence-electron chi connectivity index (χ4n) is 1.74. The molecule has 0 saturated carbocycles. The molecule has 0 heterocycles. The zero-order valence-corrected chi connectivity index (χ0v) is 11.3. The third-order valence-electron chi connectivity index (χ3n) is 2.54. The summed E-state index contributed by atoms with van der Waals surface area (Å²) in [7, 11) is 1.65. The van der Waals surface area contributed by atoms with Crippen LogP contribution in [-0.4, -0.2) is 29.8 Å². The molecule has 3 N–H and O–H groups in total. The third-order valence-corrected chi connectivity index (χ3v) is 2.76. The van der Waals surface area contributed by atoms with Crippen molar-refractivity contribution >= 4 is 22.9 Å². The summed E-state index contributed by atoms with van der Waals surface area (Å²) in [5, 5.41) is 9.31. The standard InChI is InChI=1S/C12H15F3N2OS/c1-7(18)6-17(2)10-4-3-8(12(13,14)15)5-9(10)11(16)19/h3-5,7,18H,6H2,1-2H3,(H2,16,19). The van der Waals surface area contributed by atoms with Crippen LogP contribution in [0.3, 0.4) is 0 Å². The van der Waals surface area contributed by atoms with Crippen LogP contribution in [0.4, 0.5) is 18.9 Å². The second kappa shape index (κ2) is 5.75. The van der Waals surface area contributed by atoms with Gasteiger partial charge in [-0.25, -0.2) is 0 Å². The molecule has 1 unspecified atom stereocenters. The lowest BCUT2D eigenvalue weighted by molar-refractivity contribution is -0.137. The van der Waals surface area contributed by atoms with Crippen LogP contribution in [0.25, 0.3) is 0 Å². The number of nitrogens with two attached hydrogens (primary N) is 1. The van der Waals surface area contributed by atoms with Crippen LogP contribution < -0.4 is 10.6 Å². The van der Waals surface area contributed by atoms with E-state index in [2.05, 4.69) is 0 Å². The Bertz CT molecular complexity index is 475. The number of hydrogen-bond acceptors (Lipinski definition) is 3. The van der Waals surface area contributed by atoms with Crippen molar-refractivity contribution in [2.75, 3.05) is 18.5 Å². The number of aliphatic hydroxyl groups is 1. The van der Waals surface area contributed by atoms with Gasteiger partial charge in [0.15, 0.2) is 0 Å². The number of anilines is 1. The van der Waals surface area contributed by atoms with Gasteiger partial charge >= 0.3 is 6.18 Å². The largest absolute Gasteiger partial charge is 0.416 e. The van der Waals surface area contributed by atoms with E-state index in [4.69, 9.17) is 18.0 Å². The summed E-state index contributed by atoms with van der Waals surface area (Å²) >= 11 is 4.79. The number of halogens is 3. The summed E-state index contributed by atoms with van der Waals surface area (Å²) in [5.74, 6) is 0. The molecule has 19 heavy (non-hydrogen) atoms. The van der Waals surface area contributed by atoms with Gasteiger partial charge in [-0.15, -0.1) is 0 Å². The van der Waals surface area contributed by atoms with Gasteiger partial charge in [-0.3, -0.25) is 0 Å². The molecule has 0 fully saturated rings. The van der Waals surface area contributed by atoms with E-state index in [0.717, 1.165) is 12.1 Å². The highest BCUT2D eigenvalue weighted by Crippen LogP contribution is 2.32. The highest BCUT2D eigenvalue weighted by atomic mass is 32.1. The first-order chi connectivity index (χ1) is 8.62. The van der Waals surface area contributed by atoms with Crippen LogP contribution in [0, 0.1) is 0 Å². The molecule has 1 aromatic rings. The lowest BCUT2D eigenvalue weighted by Crippen LogP contribution is -2.29. The average Bonchev–Trinajstić information content (AvgIpc) is 2.25. The van der Waals surface area contributed by atoms with Gasteiger partial charge in [-0.2, -0.15) is 13.2 Å². The lowest BCUT2D eigenvalue weighted by atomic mass is 10.1. The van der Waals surface area contributed by atoms with Crippen molar-refractivity contribution < 1.29 is 18.3 Å². The number of nitrogens with zero attached hydrogens (tertiary/aromatic N) is 1. The number of thiocarbonyl (C=S) groups is 1. The van der Waals surface area contributed by atoms with Crippen molar-refractivity contribution in [2.45, 2.75) is 19.2 Å². The van der Waals surface area contributed by atoms with Crippen LogP contribution in [-0.2, 0) is 6.18 Å². The van der Waals surface area contributed by atoms with Crippen LogP contribution in [0.2, 0.25) is 0 Å². The predicted molar refractivity (Wildman–Crippen MR) is 72.3 cm³/mol. The number of likely N-dealkylation sites (N-methyl/N-ethyl adjacent to an activating group) is 1. The molecule has 0 amide bonds. The number of aliphatic hydroxyl groups excluding tert-OH is 1. The monoisotopic (exact) mass is 292 g/mol. The quantitative estimate of drug-likeness (QED) is 0.835. The van der Waals surface area contributed by atoms with Gasteiger partial charge in [0.25, 0.3) is 0 Å². The summed E-state index contributed by atoms with van der Waals surface area (Å²) in [6.45, 7) is 1.85. The molecule has 106 valence electrons. The van der Waals surface area contributed by atoms with Crippen LogP contribution in [0.1, 0.15) is 18.1 Å². The van der Waals surface area contributed by atoms with E-state index in [1.807, 2.05) is 0 Å². The molecule has 1 atom stereocenters. The smallest absolute Gasteiger partial charge is 0.392 e. The van der Waals surface area contributed by atoms with Gasteiger partial charge in [0, 0.05) is 24.8 Å². The zero-order chi connectivity index (χ0) is 14.8. The number of alkyl halides is 3. The molecule has 0 aliphatic heterocycles. The summed E-state index contributed by atoms with van der Waals surface area (Å²) in [5.41, 5.74) is 5.27. The first kappa shape index (κ1) is 15.7. The highest BCUT2D eigenvalue weighted by Gasteiger charge is 2.31. The van der Waals surface area contributed by atoms with Crippen molar-refractivity contribution in [1.29, 1.82) is 0 Å². The van der Waals surface area contributed by atoms with Gasteiger partial charge in [-0.05, 0) is 25.1 Å². The van der Waals surface area contributed by atoms with E-state index < -0.39 is 17.8 Å². The fraction of sp³-hybridized carbons (Fsp3) is 0.417. The number of hydrogen-bond donors (Lipinski definition) is 2. The molecule has 1 aromatic carbocycles.